The van der Waals surface area contributed by atoms with Gasteiger partial charge in [0.25, 0.3) is 11.6 Å². The van der Waals surface area contributed by atoms with Gasteiger partial charge in [0.1, 0.15) is 5.69 Å². The molecular weight excluding hydrogens is 384 g/mol. The number of aromatic nitrogens is 3. The maximum atomic E-state index is 13.1. The topological polar surface area (TPSA) is 115 Å². The number of carbonyl (C=O) groups excluding carboxylic acids is 1. The highest BCUT2D eigenvalue weighted by Gasteiger charge is 2.25. The number of para-hydroxylation sites is 2. The molecule has 9 heteroatoms. The summed E-state index contributed by atoms with van der Waals surface area (Å²) in [5.74, 6) is -0.313. The number of hydrogen-bond acceptors (Lipinski definition) is 6. The third-order valence-electron chi connectivity index (χ3n) is 4.72. The number of rotatable bonds is 5. The molecule has 30 heavy (non-hydrogen) atoms. The van der Waals surface area contributed by atoms with Crippen molar-refractivity contribution in [3.05, 3.63) is 57.4 Å². The van der Waals surface area contributed by atoms with Gasteiger partial charge >= 0.3 is 0 Å². The van der Waals surface area contributed by atoms with E-state index in [9.17, 15) is 14.9 Å². The Kier molecular flexibility index (Phi) is 5.47. The minimum atomic E-state index is -0.506. The number of aryl methyl sites for hydroxylation is 1. The Hall–Kier alpha value is -3.49. The SMILES string of the molecule is Cc1nn(C(C)(C)C)c2nc(C(C)C)cc(C(=O)NNc3ccccc3[N+](=O)[O-])c12. The van der Waals surface area contributed by atoms with Crippen molar-refractivity contribution in [2.75, 3.05) is 5.43 Å². The molecule has 0 aliphatic heterocycles. The third kappa shape index (κ3) is 3.96. The van der Waals surface area contributed by atoms with E-state index in [-0.39, 0.29) is 22.8 Å². The second kappa shape index (κ2) is 7.74. The standard InChI is InChI=1S/C21H26N6O3/c1-12(2)16-11-14(18-13(3)25-26(19(18)22-16)21(4,5)6)20(28)24-23-15-9-7-8-10-17(15)27(29)30/h7-12,23H,1-6H3,(H,24,28). The number of benzene rings is 1. The molecule has 0 aliphatic rings. The summed E-state index contributed by atoms with van der Waals surface area (Å²) in [6.07, 6.45) is 0. The van der Waals surface area contributed by atoms with Crippen LogP contribution in [0.1, 0.15) is 62.3 Å². The van der Waals surface area contributed by atoms with Gasteiger partial charge in [0.2, 0.25) is 0 Å². The van der Waals surface area contributed by atoms with Crippen molar-refractivity contribution in [1.29, 1.82) is 0 Å². The number of pyridine rings is 1. The van der Waals surface area contributed by atoms with E-state index < -0.39 is 10.8 Å². The second-order valence-electron chi connectivity index (χ2n) is 8.47. The zero-order valence-corrected chi connectivity index (χ0v) is 18.0. The fourth-order valence-electron chi connectivity index (χ4n) is 3.18. The highest BCUT2D eigenvalue weighted by molar-refractivity contribution is 6.07. The first kappa shape index (κ1) is 21.2. The van der Waals surface area contributed by atoms with E-state index in [0.717, 1.165) is 5.69 Å². The summed E-state index contributed by atoms with van der Waals surface area (Å²) in [4.78, 5) is 28.6. The molecule has 0 fully saturated rings. The maximum Gasteiger partial charge on any atom is 0.294 e. The van der Waals surface area contributed by atoms with Gasteiger partial charge in [0, 0.05) is 11.8 Å². The first-order valence-electron chi connectivity index (χ1n) is 9.71. The molecule has 2 N–H and O–H groups in total. The fourth-order valence-corrected chi connectivity index (χ4v) is 3.18. The molecule has 0 aliphatic carbocycles. The number of hydrogen-bond donors (Lipinski definition) is 2. The lowest BCUT2D eigenvalue weighted by Gasteiger charge is -2.20. The second-order valence-corrected chi connectivity index (χ2v) is 8.47. The van der Waals surface area contributed by atoms with Crippen LogP contribution in [0.15, 0.2) is 30.3 Å². The monoisotopic (exact) mass is 410 g/mol. The summed E-state index contributed by atoms with van der Waals surface area (Å²) in [6, 6.07) is 7.87. The third-order valence-corrected chi connectivity index (χ3v) is 4.72. The molecule has 2 aromatic heterocycles. The van der Waals surface area contributed by atoms with Gasteiger partial charge in [-0.25, -0.2) is 9.67 Å². The smallest absolute Gasteiger partial charge is 0.292 e. The van der Waals surface area contributed by atoms with E-state index in [1.165, 1.54) is 12.1 Å². The lowest BCUT2D eigenvalue weighted by molar-refractivity contribution is -0.384. The van der Waals surface area contributed by atoms with Crippen LogP contribution < -0.4 is 10.9 Å². The number of nitro groups is 1. The average molecular weight is 410 g/mol. The average Bonchev–Trinajstić information content (AvgIpc) is 3.02. The van der Waals surface area contributed by atoms with Gasteiger partial charge < -0.3 is 0 Å². The lowest BCUT2D eigenvalue weighted by Crippen LogP contribution is -2.30. The van der Waals surface area contributed by atoms with Gasteiger partial charge in [-0.2, -0.15) is 5.10 Å². The zero-order valence-electron chi connectivity index (χ0n) is 18.0. The normalized spacial score (nSPS) is 11.7. The molecule has 0 spiro atoms. The van der Waals surface area contributed by atoms with Crippen LogP contribution in [-0.4, -0.2) is 25.6 Å². The molecule has 9 nitrogen and oxygen atoms in total. The Labute approximate surface area is 174 Å². The van der Waals surface area contributed by atoms with Crippen molar-refractivity contribution in [2.45, 2.75) is 53.0 Å². The first-order chi connectivity index (χ1) is 14.0. The summed E-state index contributed by atoms with van der Waals surface area (Å²) in [6.45, 7) is 11.9. The van der Waals surface area contributed by atoms with E-state index in [0.29, 0.717) is 22.3 Å². The van der Waals surface area contributed by atoms with E-state index in [1.807, 2.05) is 46.2 Å². The van der Waals surface area contributed by atoms with Gasteiger partial charge in [-0.15, -0.1) is 0 Å². The lowest BCUT2D eigenvalue weighted by atomic mass is 10.0. The summed E-state index contributed by atoms with van der Waals surface area (Å²) in [5, 5.41) is 16.5. The zero-order chi connectivity index (χ0) is 22.2. The summed E-state index contributed by atoms with van der Waals surface area (Å²) in [5.41, 5.74) is 7.54. The van der Waals surface area contributed by atoms with Gasteiger partial charge in [0.05, 0.1) is 27.1 Å². The van der Waals surface area contributed by atoms with E-state index >= 15 is 0 Å². The van der Waals surface area contributed by atoms with Crippen LogP contribution in [0.2, 0.25) is 0 Å². The first-order valence-corrected chi connectivity index (χ1v) is 9.71. The van der Waals surface area contributed by atoms with Crippen molar-refractivity contribution >= 4 is 28.3 Å². The van der Waals surface area contributed by atoms with Crippen molar-refractivity contribution in [3.63, 3.8) is 0 Å². The minimum Gasteiger partial charge on any atom is -0.292 e. The van der Waals surface area contributed by atoms with Crippen LogP contribution in [-0.2, 0) is 5.54 Å². The van der Waals surface area contributed by atoms with E-state index in [4.69, 9.17) is 4.98 Å². The predicted molar refractivity (Wildman–Crippen MR) is 116 cm³/mol. The molecule has 0 atom stereocenters. The van der Waals surface area contributed by atoms with Crippen LogP contribution in [0.5, 0.6) is 0 Å². The van der Waals surface area contributed by atoms with E-state index in [2.05, 4.69) is 16.0 Å². The fraction of sp³-hybridized carbons (Fsp3) is 0.381. The van der Waals surface area contributed by atoms with Crippen LogP contribution in [0, 0.1) is 17.0 Å². The van der Waals surface area contributed by atoms with Crippen molar-refractivity contribution < 1.29 is 9.72 Å². The van der Waals surface area contributed by atoms with Crippen molar-refractivity contribution in [1.82, 2.24) is 20.2 Å². The molecule has 0 saturated carbocycles. The Balaban J connectivity index is 2.06. The molecule has 0 radical (unpaired) electrons. The van der Waals surface area contributed by atoms with Crippen LogP contribution in [0.4, 0.5) is 11.4 Å². The van der Waals surface area contributed by atoms with Crippen molar-refractivity contribution in [2.24, 2.45) is 0 Å². The molecule has 3 aromatic rings. The van der Waals surface area contributed by atoms with Gasteiger partial charge in [0.15, 0.2) is 5.65 Å². The Bertz CT molecular complexity index is 1130. The number of nitro benzene ring substituents is 1. The highest BCUT2D eigenvalue weighted by Crippen LogP contribution is 2.29. The summed E-state index contributed by atoms with van der Waals surface area (Å²) < 4.78 is 1.83. The largest absolute Gasteiger partial charge is 0.294 e. The number of carbonyl (C=O) groups is 1. The quantitative estimate of drug-likeness (QED) is 0.479. The molecule has 0 bridgehead atoms. The molecule has 0 unspecified atom stereocenters. The molecular formula is C21H26N6O3. The highest BCUT2D eigenvalue weighted by atomic mass is 16.6. The Morgan fingerprint density at radius 1 is 1.23 bits per heavy atom. The predicted octanol–water partition coefficient (Wildman–Crippen LogP) is 4.28. The number of anilines is 1. The van der Waals surface area contributed by atoms with E-state index in [1.54, 1.807) is 18.2 Å². The Morgan fingerprint density at radius 2 is 1.90 bits per heavy atom. The Morgan fingerprint density at radius 3 is 2.50 bits per heavy atom. The van der Waals surface area contributed by atoms with Gasteiger partial charge in [-0.3, -0.25) is 25.8 Å². The number of nitrogens with one attached hydrogen (secondary N) is 2. The maximum absolute atomic E-state index is 13.1. The molecule has 2 heterocycles. The number of hydrazine groups is 1. The minimum absolute atomic E-state index is 0.104. The molecule has 1 aromatic carbocycles. The number of amides is 1. The number of nitrogens with zero attached hydrogens (tertiary/aromatic N) is 4. The van der Waals surface area contributed by atoms with Crippen LogP contribution in [0.25, 0.3) is 11.0 Å². The number of fused-ring (bicyclic) bond motifs is 1. The van der Waals surface area contributed by atoms with Crippen LogP contribution >= 0.6 is 0 Å². The molecule has 1 amide bonds. The summed E-state index contributed by atoms with van der Waals surface area (Å²) in [7, 11) is 0. The van der Waals surface area contributed by atoms with Gasteiger partial charge in [-0.05, 0) is 45.7 Å². The molecule has 3 rings (SSSR count). The summed E-state index contributed by atoms with van der Waals surface area (Å²) >= 11 is 0. The molecule has 158 valence electrons. The van der Waals surface area contributed by atoms with Crippen LogP contribution in [0.3, 0.4) is 0 Å². The van der Waals surface area contributed by atoms with Gasteiger partial charge in [-0.1, -0.05) is 26.0 Å². The molecule has 0 saturated heterocycles. The van der Waals surface area contributed by atoms with Crippen molar-refractivity contribution in [3.8, 4) is 0 Å².